The van der Waals surface area contributed by atoms with Gasteiger partial charge in [0.25, 0.3) is 0 Å². The quantitative estimate of drug-likeness (QED) is 0.669. The lowest BCUT2D eigenvalue weighted by atomic mass is 10.3. The molecule has 0 aliphatic heterocycles. The van der Waals surface area contributed by atoms with Gasteiger partial charge in [0.15, 0.2) is 0 Å². The lowest BCUT2D eigenvalue weighted by Crippen LogP contribution is -2.13. The lowest BCUT2D eigenvalue weighted by molar-refractivity contribution is -0.116. The molecule has 102 valence electrons. The zero-order chi connectivity index (χ0) is 13.9. The molecular weight excluding hydrogens is 256 g/mol. The normalized spacial score (nSPS) is 10.8. The molecule has 0 saturated carbocycles. The third kappa shape index (κ3) is 2.66. The molecule has 1 amide bonds. The second-order valence-corrected chi connectivity index (χ2v) is 4.49. The second-order valence-electron chi connectivity index (χ2n) is 4.49. The summed E-state index contributed by atoms with van der Waals surface area (Å²) in [6.07, 6.45) is 0.872. The van der Waals surface area contributed by atoms with Crippen molar-refractivity contribution in [3.8, 4) is 0 Å². The van der Waals surface area contributed by atoms with Crippen molar-refractivity contribution in [2.75, 3.05) is 5.32 Å². The average Bonchev–Trinajstić information content (AvgIpc) is 3.02. The van der Waals surface area contributed by atoms with Crippen LogP contribution >= 0.6 is 0 Å². The van der Waals surface area contributed by atoms with Crippen molar-refractivity contribution in [2.45, 2.75) is 19.8 Å². The van der Waals surface area contributed by atoms with Crippen LogP contribution in [0.4, 0.5) is 5.95 Å². The molecule has 7 nitrogen and oxygen atoms in total. The van der Waals surface area contributed by atoms with Gasteiger partial charge < -0.3 is 4.98 Å². The maximum absolute atomic E-state index is 11.8. The van der Waals surface area contributed by atoms with Crippen molar-refractivity contribution in [2.24, 2.45) is 0 Å². The number of aromatic nitrogens is 5. The van der Waals surface area contributed by atoms with E-state index in [4.69, 9.17) is 0 Å². The number of anilines is 1. The van der Waals surface area contributed by atoms with Crippen molar-refractivity contribution in [3.05, 3.63) is 35.9 Å². The number of aromatic amines is 2. The van der Waals surface area contributed by atoms with Gasteiger partial charge in [-0.25, -0.2) is 4.98 Å². The average molecular weight is 270 g/mol. The highest BCUT2D eigenvalue weighted by atomic mass is 16.1. The Bertz CT molecular complexity index is 711. The summed E-state index contributed by atoms with van der Waals surface area (Å²) in [7, 11) is 0. The molecule has 3 rings (SSSR count). The standard InChI is InChI=1S/C13H14N6O/c1-8-14-13(19-18-8)17-12(20)7-6-11-15-9-4-2-3-5-10(9)16-11/h2-5H,6-7H2,1H3,(H,15,16)(H2,14,17,18,19,20). The largest absolute Gasteiger partial charge is 0.342 e. The first-order valence-corrected chi connectivity index (χ1v) is 6.33. The Morgan fingerprint density at radius 2 is 2.15 bits per heavy atom. The van der Waals surface area contributed by atoms with E-state index >= 15 is 0 Å². The number of carbonyl (C=O) groups is 1. The second kappa shape index (κ2) is 5.12. The molecule has 0 spiro atoms. The molecule has 0 bridgehead atoms. The molecule has 0 fully saturated rings. The minimum atomic E-state index is -0.135. The van der Waals surface area contributed by atoms with Crippen LogP contribution in [-0.4, -0.2) is 31.1 Å². The number of rotatable bonds is 4. The number of para-hydroxylation sites is 2. The number of aryl methyl sites for hydroxylation is 2. The molecule has 0 unspecified atom stereocenters. The molecule has 1 aromatic carbocycles. The van der Waals surface area contributed by atoms with Gasteiger partial charge in [-0.15, -0.1) is 5.10 Å². The van der Waals surface area contributed by atoms with E-state index in [1.807, 2.05) is 24.3 Å². The van der Waals surface area contributed by atoms with E-state index in [-0.39, 0.29) is 5.91 Å². The number of fused-ring (bicyclic) bond motifs is 1. The van der Waals surface area contributed by atoms with Gasteiger partial charge in [0.05, 0.1) is 11.0 Å². The van der Waals surface area contributed by atoms with Crippen LogP contribution in [0.1, 0.15) is 18.1 Å². The van der Waals surface area contributed by atoms with Gasteiger partial charge in [-0.3, -0.25) is 15.2 Å². The fourth-order valence-electron chi connectivity index (χ4n) is 1.94. The van der Waals surface area contributed by atoms with Gasteiger partial charge >= 0.3 is 0 Å². The molecule has 2 heterocycles. The molecule has 0 atom stereocenters. The van der Waals surface area contributed by atoms with Crippen molar-refractivity contribution in [3.63, 3.8) is 0 Å². The first kappa shape index (κ1) is 12.3. The molecule has 7 heteroatoms. The molecule has 0 saturated heterocycles. The van der Waals surface area contributed by atoms with Crippen molar-refractivity contribution >= 4 is 22.9 Å². The van der Waals surface area contributed by atoms with Gasteiger partial charge in [0, 0.05) is 12.8 Å². The molecular formula is C13H14N6O. The summed E-state index contributed by atoms with van der Waals surface area (Å²) in [5, 5.41) is 9.16. The van der Waals surface area contributed by atoms with Crippen molar-refractivity contribution in [1.82, 2.24) is 25.1 Å². The fourth-order valence-corrected chi connectivity index (χ4v) is 1.94. The van der Waals surface area contributed by atoms with E-state index in [0.29, 0.717) is 24.6 Å². The fraction of sp³-hybridized carbons (Fsp3) is 0.231. The van der Waals surface area contributed by atoms with Crippen LogP contribution in [0.3, 0.4) is 0 Å². The van der Waals surface area contributed by atoms with E-state index in [1.54, 1.807) is 6.92 Å². The SMILES string of the molecule is Cc1nc(NC(=O)CCc2nc3ccccc3[nH]2)n[nH]1. The number of nitrogens with one attached hydrogen (secondary N) is 3. The number of H-pyrrole nitrogens is 2. The number of benzene rings is 1. The van der Waals surface area contributed by atoms with Crippen LogP contribution in [0.25, 0.3) is 11.0 Å². The van der Waals surface area contributed by atoms with E-state index in [2.05, 4.69) is 30.5 Å². The molecule has 3 aromatic rings. The van der Waals surface area contributed by atoms with Crippen molar-refractivity contribution in [1.29, 1.82) is 0 Å². The Hall–Kier alpha value is -2.70. The summed E-state index contributed by atoms with van der Waals surface area (Å²) in [6, 6.07) is 7.78. The summed E-state index contributed by atoms with van der Waals surface area (Å²) >= 11 is 0. The number of amides is 1. The predicted molar refractivity (Wildman–Crippen MR) is 74.2 cm³/mol. The minimum absolute atomic E-state index is 0.135. The van der Waals surface area contributed by atoms with E-state index < -0.39 is 0 Å². The third-order valence-electron chi connectivity index (χ3n) is 2.88. The van der Waals surface area contributed by atoms with Crippen LogP contribution in [0.2, 0.25) is 0 Å². The summed E-state index contributed by atoms with van der Waals surface area (Å²) in [6.45, 7) is 1.77. The molecule has 0 aliphatic rings. The van der Waals surface area contributed by atoms with E-state index in [1.165, 1.54) is 0 Å². The molecule has 20 heavy (non-hydrogen) atoms. The van der Waals surface area contributed by atoms with Crippen LogP contribution in [0, 0.1) is 6.92 Å². The first-order chi connectivity index (χ1) is 9.70. The first-order valence-electron chi connectivity index (χ1n) is 6.33. The summed E-state index contributed by atoms with van der Waals surface area (Å²) < 4.78 is 0. The van der Waals surface area contributed by atoms with Crippen LogP contribution in [0.15, 0.2) is 24.3 Å². The molecule has 0 radical (unpaired) electrons. The number of imidazole rings is 1. The van der Waals surface area contributed by atoms with Gasteiger partial charge in [-0.1, -0.05) is 12.1 Å². The predicted octanol–water partition coefficient (Wildman–Crippen LogP) is 1.56. The third-order valence-corrected chi connectivity index (χ3v) is 2.88. The Morgan fingerprint density at radius 3 is 2.90 bits per heavy atom. The lowest BCUT2D eigenvalue weighted by Gasteiger charge is -1.98. The Kier molecular flexibility index (Phi) is 3.16. The molecule has 0 aliphatic carbocycles. The number of hydrogen-bond donors (Lipinski definition) is 3. The highest BCUT2D eigenvalue weighted by molar-refractivity contribution is 5.89. The number of nitrogens with zero attached hydrogens (tertiary/aromatic N) is 3. The van der Waals surface area contributed by atoms with Crippen LogP contribution in [-0.2, 0) is 11.2 Å². The topological polar surface area (TPSA) is 99.3 Å². The van der Waals surface area contributed by atoms with Gasteiger partial charge in [0.2, 0.25) is 11.9 Å². The van der Waals surface area contributed by atoms with Gasteiger partial charge in [-0.05, 0) is 19.1 Å². The Balaban J connectivity index is 1.59. The molecule has 3 N–H and O–H groups in total. The maximum Gasteiger partial charge on any atom is 0.248 e. The smallest absolute Gasteiger partial charge is 0.248 e. The van der Waals surface area contributed by atoms with E-state index in [9.17, 15) is 4.79 Å². The van der Waals surface area contributed by atoms with Gasteiger partial charge in [-0.2, -0.15) is 4.98 Å². The van der Waals surface area contributed by atoms with Gasteiger partial charge in [0.1, 0.15) is 11.6 Å². The Labute approximate surface area is 114 Å². The number of hydrogen-bond acceptors (Lipinski definition) is 4. The highest BCUT2D eigenvalue weighted by Crippen LogP contribution is 2.11. The molecule has 2 aromatic heterocycles. The summed E-state index contributed by atoms with van der Waals surface area (Å²) in [5.41, 5.74) is 1.89. The van der Waals surface area contributed by atoms with Crippen LogP contribution in [0.5, 0.6) is 0 Å². The zero-order valence-corrected chi connectivity index (χ0v) is 11.0. The Morgan fingerprint density at radius 1 is 1.30 bits per heavy atom. The monoisotopic (exact) mass is 270 g/mol. The summed E-state index contributed by atoms with van der Waals surface area (Å²) in [5.74, 6) is 1.63. The van der Waals surface area contributed by atoms with Crippen molar-refractivity contribution < 1.29 is 4.79 Å². The van der Waals surface area contributed by atoms with E-state index in [0.717, 1.165) is 16.9 Å². The van der Waals surface area contributed by atoms with Crippen LogP contribution < -0.4 is 5.32 Å². The summed E-state index contributed by atoms with van der Waals surface area (Å²) in [4.78, 5) is 23.4. The highest BCUT2D eigenvalue weighted by Gasteiger charge is 2.08. The number of carbonyl (C=O) groups excluding carboxylic acids is 1. The maximum atomic E-state index is 11.8. The minimum Gasteiger partial charge on any atom is -0.342 e. The zero-order valence-electron chi connectivity index (χ0n) is 11.0.